The van der Waals surface area contributed by atoms with Crippen molar-refractivity contribution in [2.45, 2.75) is 25.9 Å². The Morgan fingerprint density at radius 1 is 1.75 bits per heavy atom. The van der Waals surface area contributed by atoms with Gasteiger partial charge >= 0.3 is 0 Å². The number of aliphatic hydroxyl groups is 1. The number of rotatable bonds is 6. The van der Waals surface area contributed by atoms with Crippen molar-refractivity contribution in [3.8, 4) is 0 Å². The van der Waals surface area contributed by atoms with Gasteiger partial charge in [-0.1, -0.05) is 0 Å². The third kappa shape index (κ3) is 4.26. The monoisotopic (exact) mass is 244 g/mol. The number of hydrogen-bond donors (Lipinski definition) is 2. The number of amides is 1. The molecule has 0 saturated carbocycles. The first-order chi connectivity index (χ1) is 7.63. The van der Waals surface area contributed by atoms with Crippen LogP contribution in [-0.4, -0.2) is 29.7 Å². The molecule has 0 radical (unpaired) electrons. The van der Waals surface area contributed by atoms with E-state index in [-0.39, 0.29) is 5.91 Å². The number of carbonyl (C=O) groups excluding carboxylic acids is 1. The molecule has 1 aromatic heterocycles. The fourth-order valence-corrected chi connectivity index (χ4v) is 1.91. The number of ether oxygens (including phenoxy) is 1. The average Bonchev–Trinajstić information content (AvgIpc) is 2.66. The zero-order chi connectivity index (χ0) is 12.0. The number of methoxy groups -OCH3 is 1. The molecule has 2 N–H and O–H groups in total. The van der Waals surface area contributed by atoms with Gasteiger partial charge in [-0.15, -0.1) is 11.3 Å². The van der Waals surface area contributed by atoms with Crippen LogP contribution in [0.1, 0.15) is 31.6 Å². The van der Waals surface area contributed by atoms with Crippen LogP contribution in [0.15, 0.2) is 5.38 Å². The van der Waals surface area contributed by atoms with Crippen LogP contribution in [-0.2, 0) is 9.53 Å². The van der Waals surface area contributed by atoms with Crippen LogP contribution in [0.25, 0.3) is 0 Å². The van der Waals surface area contributed by atoms with Crippen molar-refractivity contribution >= 4 is 22.4 Å². The Kier molecular flexibility index (Phi) is 5.37. The van der Waals surface area contributed by atoms with Crippen molar-refractivity contribution in [1.29, 1.82) is 0 Å². The molecule has 1 atom stereocenters. The predicted molar refractivity (Wildman–Crippen MR) is 62.5 cm³/mol. The van der Waals surface area contributed by atoms with E-state index in [1.807, 2.05) is 0 Å². The fraction of sp³-hybridized carbons (Fsp3) is 0.600. The molecule has 0 spiro atoms. The zero-order valence-electron chi connectivity index (χ0n) is 9.40. The molecule has 16 heavy (non-hydrogen) atoms. The van der Waals surface area contributed by atoms with E-state index in [0.717, 1.165) is 0 Å². The molecule has 0 aliphatic heterocycles. The normalized spacial score (nSPS) is 12.4. The Bertz CT molecular complexity index is 339. The quantitative estimate of drug-likeness (QED) is 0.745. The minimum Gasteiger partial charge on any atom is -0.387 e. The van der Waals surface area contributed by atoms with E-state index >= 15 is 0 Å². The van der Waals surface area contributed by atoms with Crippen molar-refractivity contribution in [3.05, 3.63) is 11.1 Å². The Hall–Kier alpha value is -0.980. The first-order valence-corrected chi connectivity index (χ1v) is 5.93. The van der Waals surface area contributed by atoms with Crippen LogP contribution in [0.5, 0.6) is 0 Å². The maximum atomic E-state index is 11.4. The maximum Gasteiger partial charge on any atom is 0.226 e. The lowest BCUT2D eigenvalue weighted by molar-refractivity contribution is -0.116. The Labute approximate surface area is 98.5 Å². The lowest BCUT2D eigenvalue weighted by Gasteiger charge is -2.01. The minimum absolute atomic E-state index is 0.0801. The molecular weight excluding hydrogens is 228 g/mol. The molecule has 0 aliphatic carbocycles. The first kappa shape index (κ1) is 13.1. The van der Waals surface area contributed by atoms with E-state index in [0.29, 0.717) is 30.3 Å². The van der Waals surface area contributed by atoms with Crippen LogP contribution in [0.4, 0.5) is 5.13 Å². The summed E-state index contributed by atoms with van der Waals surface area (Å²) in [5.74, 6) is -0.0801. The number of nitrogens with zero attached hydrogens (tertiary/aromatic N) is 1. The van der Waals surface area contributed by atoms with Gasteiger partial charge in [0.05, 0.1) is 11.8 Å². The second-order valence-electron chi connectivity index (χ2n) is 3.40. The van der Waals surface area contributed by atoms with E-state index in [4.69, 9.17) is 4.74 Å². The topological polar surface area (TPSA) is 71.5 Å². The van der Waals surface area contributed by atoms with Crippen LogP contribution in [0.3, 0.4) is 0 Å². The van der Waals surface area contributed by atoms with Gasteiger partial charge in [-0.05, 0) is 13.3 Å². The molecule has 1 heterocycles. The number of aromatic nitrogens is 1. The van der Waals surface area contributed by atoms with Crippen molar-refractivity contribution in [2.24, 2.45) is 0 Å². The molecule has 1 aromatic rings. The lowest BCUT2D eigenvalue weighted by atomic mass is 10.3. The van der Waals surface area contributed by atoms with Crippen LogP contribution < -0.4 is 5.32 Å². The van der Waals surface area contributed by atoms with Gasteiger partial charge in [0.2, 0.25) is 5.91 Å². The Morgan fingerprint density at radius 2 is 2.50 bits per heavy atom. The fourth-order valence-electron chi connectivity index (χ4n) is 1.09. The Balaban J connectivity index is 2.37. The largest absolute Gasteiger partial charge is 0.387 e. The van der Waals surface area contributed by atoms with Crippen LogP contribution >= 0.6 is 11.3 Å². The molecule has 1 rings (SSSR count). The van der Waals surface area contributed by atoms with Gasteiger partial charge < -0.3 is 15.2 Å². The first-order valence-electron chi connectivity index (χ1n) is 5.05. The molecule has 0 aliphatic rings. The highest BCUT2D eigenvalue weighted by Crippen LogP contribution is 2.20. The SMILES string of the molecule is COCCCC(=O)Nc1nc(C(C)O)cs1. The van der Waals surface area contributed by atoms with Crippen molar-refractivity contribution in [3.63, 3.8) is 0 Å². The summed E-state index contributed by atoms with van der Waals surface area (Å²) >= 11 is 1.31. The van der Waals surface area contributed by atoms with E-state index in [1.54, 1.807) is 19.4 Å². The molecule has 0 aromatic carbocycles. The van der Waals surface area contributed by atoms with Gasteiger partial charge in [-0.2, -0.15) is 0 Å². The minimum atomic E-state index is -0.601. The summed E-state index contributed by atoms with van der Waals surface area (Å²) < 4.78 is 4.85. The van der Waals surface area contributed by atoms with Gasteiger partial charge in [-0.25, -0.2) is 4.98 Å². The van der Waals surface area contributed by atoms with E-state index in [9.17, 15) is 9.90 Å². The number of carbonyl (C=O) groups is 1. The van der Waals surface area contributed by atoms with Gasteiger partial charge in [0, 0.05) is 25.5 Å². The van der Waals surface area contributed by atoms with Gasteiger partial charge in [0.1, 0.15) is 0 Å². The highest BCUT2D eigenvalue weighted by Gasteiger charge is 2.09. The highest BCUT2D eigenvalue weighted by molar-refractivity contribution is 7.13. The van der Waals surface area contributed by atoms with Crippen LogP contribution in [0.2, 0.25) is 0 Å². The van der Waals surface area contributed by atoms with Crippen molar-refractivity contribution in [1.82, 2.24) is 4.98 Å². The molecule has 1 unspecified atom stereocenters. The molecule has 0 bridgehead atoms. The van der Waals surface area contributed by atoms with Crippen molar-refractivity contribution < 1.29 is 14.6 Å². The summed E-state index contributed by atoms with van der Waals surface area (Å²) in [6.45, 7) is 2.21. The van der Waals surface area contributed by atoms with Crippen LogP contribution in [0, 0.1) is 0 Å². The zero-order valence-corrected chi connectivity index (χ0v) is 10.2. The molecular formula is C10H16N2O3S. The number of nitrogens with one attached hydrogen (secondary N) is 1. The number of aliphatic hydroxyl groups excluding tert-OH is 1. The second-order valence-corrected chi connectivity index (χ2v) is 4.26. The van der Waals surface area contributed by atoms with Gasteiger partial charge in [0.25, 0.3) is 0 Å². The van der Waals surface area contributed by atoms with Gasteiger partial charge in [-0.3, -0.25) is 4.79 Å². The summed E-state index contributed by atoms with van der Waals surface area (Å²) in [4.78, 5) is 15.5. The van der Waals surface area contributed by atoms with Crippen molar-refractivity contribution in [2.75, 3.05) is 19.0 Å². The molecule has 6 heteroatoms. The highest BCUT2D eigenvalue weighted by atomic mass is 32.1. The van der Waals surface area contributed by atoms with E-state index in [2.05, 4.69) is 10.3 Å². The van der Waals surface area contributed by atoms with Gasteiger partial charge in [0.15, 0.2) is 5.13 Å². The van der Waals surface area contributed by atoms with E-state index < -0.39 is 6.10 Å². The average molecular weight is 244 g/mol. The maximum absolute atomic E-state index is 11.4. The molecule has 90 valence electrons. The molecule has 0 saturated heterocycles. The lowest BCUT2D eigenvalue weighted by Crippen LogP contribution is -2.12. The molecule has 0 fully saturated rings. The predicted octanol–water partition coefficient (Wildman–Crippen LogP) is 1.56. The number of anilines is 1. The third-order valence-corrected chi connectivity index (χ3v) is 2.72. The Morgan fingerprint density at radius 3 is 3.06 bits per heavy atom. The summed E-state index contributed by atoms with van der Waals surface area (Å²) in [7, 11) is 1.60. The smallest absolute Gasteiger partial charge is 0.226 e. The standard InChI is InChI=1S/C10H16N2O3S/c1-7(13)8-6-16-10(11-8)12-9(14)4-3-5-15-2/h6-7,13H,3-5H2,1-2H3,(H,11,12,14). The molecule has 1 amide bonds. The molecule has 5 nitrogen and oxygen atoms in total. The summed E-state index contributed by atoms with van der Waals surface area (Å²) in [6.07, 6.45) is 0.504. The summed E-state index contributed by atoms with van der Waals surface area (Å²) in [5, 5.41) is 14.2. The summed E-state index contributed by atoms with van der Waals surface area (Å²) in [5.41, 5.74) is 0.581. The third-order valence-electron chi connectivity index (χ3n) is 1.95. The number of thiazole rings is 1. The summed E-state index contributed by atoms with van der Waals surface area (Å²) in [6, 6.07) is 0. The number of hydrogen-bond acceptors (Lipinski definition) is 5. The second kappa shape index (κ2) is 6.57. The van der Waals surface area contributed by atoms with E-state index in [1.165, 1.54) is 11.3 Å².